The summed E-state index contributed by atoms with van der Waals surface area (Å²) in [4.78, 5) is 4.63. The van der Waals surface area contributed by atoms with Crippen LogP contribution in [-0.2, 0) is 6.42 Å². The second-order valence-electron chi connectivity index (χ2n) is 6.56. The average Bonchev–Trinajstić information content (AvgIpc) is 3.08. The highest BCUT2D eigenvalue weighted by molar-refractivity contribution is 14.0. The minimum Gasteiger partial charge on any atom is -0.490 e. The maximum atomic E-state index is 5.75. The van der Waals surface area contributed by atoms with E-state index in [1.165, 1.54) is 0 Å². The summed E-state index contributed by atoms with van der Waals surface area (Å²) in [5.74, 6) is 6.22. The lowest BCUT2D eigenvalue weighted by atomic mass is 10.1. The number of halogens is 1. The maximum absolute atomic E-state index is 5.75. The van der Waals surface area contributed by atoms with Crippen molar-refractivity contribution in [3.8, 4) is 35.3 Å². The fourth-order valence-electron chi connectivity index (χ4n) is 3.05. The maximum Gasteiger partial charge on any atom is 0.231 e. The molecule has 0 unspecified atom stereocenters. The molecule has 2 heterocycles. The smallest absolute Gasteiger partial charge is 0.231 e. The minimum atomic E-state index is 0. The van der Waals surface area contributed by atoms with Crippen LogP contribution in [0.2, 0.25) is 0 Å². The van der Waals surface area contributed by atoms with E-state index in [-0.39, 0.29) is 30.8 Å². The first-order valence-corrected chi connectivity index (χ1v) is 9.59. The number of fused-ring (bicyclic) bond motifs is 2. The van der Waals surface area contributed by atoms with Crippen molar-refractivity contribution in [3.63, 3.8) is 0 Å². The summed E-state index contributed by atoms with van der Waals surface area (Å²) in [6.45, 7) is 2.54. The molecule has 7 nitrogen and oxygen atoms in total. The first-order valence-electron chi connectivity index (χ1n) is 9.59. The van der Waals surface area contributed by atoms with Gasteiger partial charge in [0.15, 0.2) is 29.0 Å². The second kappa shape index (κ2) is 10.8. The van der Waals surface area contributed by atoms with Crippen molar-refractivity contribution in [2.45, 2.75) is 12.8 Å². The number of anilines is 1. The molecule has 2 aromatic carbocycles. The summed E-state index contributed by atoms with van der Waals surface area (Å²) in [5, 5.41) is 6.40. The van der Waals surface area contributed by atoms with Crippen LogP contribution < -0.4 is 29.6 Å². The van der Waals surface area contributed by atoms with Gasteiger partial charge in [0.2, 0.25) is 6.79 Å². The van der Waals surface area contributed by atoms with Crippen LogP contribution in [0.3, 0.4) is 0 Å². The van der Waals surface area contributed by atoms with Crippen LogP contribution in [0.4, 0.5) is 5.69 Å². The molecule has 0 spiro atoms. The van der Waals surface area contributed by atoms with Gasteiger partial charge in [-0.2, -0.15) is 0 Å². The van der Waals surface area contributed by atoms with E-state index in [9.17, 15) is 0 Å². The topological polar surface area (TPSA) is 73.3 Å². The fourth-order valence-corrected chi connectivity index (χ4v) is 3.05. The quantitative estimate of drug-likeness (QED) is 0.272. The highest BCUT2D eigenvalue weighted by atomic mass is 127. The Hall–Kier alpha value is -2.80. The van der Waals surface area contributed by atoms with Crippen molar-refractivity contribution in [3.05, 3.63) is 42.0 Å². The predicted molar refractivity (Wildman–Crippen MR) is 126 cm³/mol. The second-order valence-corrected chi connectivity index (χ2v) is 6.56. The Bertz CT molecular complexity index is 942. The molecule has 0 fully saturated rings. The van der Waals surface area contributed by atoms with E-state index in [0.29, 0.717) is 32.3 Å². The number of nitrogens with one attached hydrogen (secondary N) is 2. The van der Waals surface area contributed by atoms with Gasteiger partial charge >= 0.3 is 0 Å². The van der Waals surface area contributed by atoms with Gasteiger partial charge in [-0.3, -0.25) is 4.99 Å². The van der Waals surface area contributed by atoms with Crippen LogP contribution in [0.15, 0.2) is 41.4 Å². The van der Waals surface area contributed by atoms with Crippen LogP contribution in [0.5, 0.6) is 23.0 Å². The van der Waals surface area contributed by atoms with E-state index in [4.69, 9.17) is 25.4 Å². The molecular formula is C22H24IN3O4. The Labute approximate surface area is 193 Å². The molecule has 2 aliphatic heterocycles. The number of hydrogen-bond acceptors (Lipinski definition) is 5. The monoisotopic (exact) mass is 521 g/mol. The number of benzene rings is 2. The molecule has 2 N–H and O–H groups in total. The van der Waals surface area contributed by atoms with E-state index in [0.717, 1.165) is 47.1 Å². The van der Waals surface area contributed by atoms with Crippen molar-refractivity contribution in [2.75, 3.05) is 38.4 Å². The van der Waals surface area contributed by atoms with E-state index >= 15 is 0 Å². The number of aliphatic imine (C=N–C) groups is 1. The number of guanidine groups is 1. The number of hydrogen-bond donors (Lipinski definition) is 2. The van der Waals surface area contributed by atoms with Crippen LogP contribution in [-0.4, -0.2) is 39.1 Å². The summed E-state index contributed by atoms with van der Waals surface area (Å²) >= 11 is 0. The van der Waals surface area contributed by atoms with E-state index in [2.05, 4.69) is 21.5 Å². The summed E-state index contributed by atoms with van der Waals surface area (Å²) in [6.07, 6.45) is 7.03. The van der Waals surface area contributed by atoms with Gasteiger partial charge in [0.25, 0.3) is 0 Å². The van der Waals surface area contributed by atoms with Crippen molar-refractivity contribution < 1.29 is 18.9 Å². The van der Waals surface area contributed by atoms with E-state index in [1.54, 1.807) is 0 Å². The number of nitrogens with zero attached hydrogens (tertiary/aromatic N) is 1. The largest absolute Gasteiger partial charge is 0.490 e. The standard InChI is InChI=1S/C22H23N3O4.HI/c1-2-9-23-22(24-10-8-16-4-6-19-20(13-16)29-15-28-19)25-17-5-7-18-21(14-17)27-12-3-11-26-18;/h1,4-7,13-14H,3,8-12,15H2,(H2,23,24,25);1H. The molecule has 2 aliphatic rings. The third-order valence-corrected chi connectivity index (χ3v) is 4.48. The lowest BCUT2D eigenvalue weighted by Gasteiger charge is -2.13. The molecule has 4 rings (SSSR count). The zero-order chi connectivity index (χ0) is 19.9. The molecule has 0 aliphatic carbocycles. The molecule has 0 atom stereocenters. The van der Waals surface area contributed by atoms with Gasteiger partial charge in [0, 0.05) is 24.7 Å². The van der Waals surface area contributed by atoms with Crippen LogP contribution in [0.25, 0.3) is 0 Å². The normalized spacial score (nSPS) is 14.2. The Morgan fingerprint density at radius 2 is 1.70 bits per heavy atom. The van der Waals surface area contributed by atoms with Crippen molar-refractivity contribution in [2.24, 2.45) is 4.99 Å². The molecule has 8 heteroatoms. The van der Waals surface area contributed by atoms with Gasteiger partial charge in [-0.15, -0.1) is 30.4 Å². The van der Waals surface area contributed by atoms with Crippen molar-refractivity contribution in [1.82, 2.24) is 5.32 Å². The molecular weight excluding hydrogens is 497 g/mol. The molecule has 0 aromatic heterocycles. The van der Waals surface area contributed by atoms with Gasteiger partial charge in [0.1, 0.15) is 0 Å². The van der Waals surface area contributed by atoms with Crippen LogP contribution in [0.1, 0.15) is 12.0 Å². The Balaban J connectivity index is 0.00000256. The molecule has 0 saturated heterocycles. The van der Waals surface area contributed by atoms with Gasteiger partial charge in [-0.05, 0) is 36.2 Å². The van der Waals surface area contributed by atoms with Crippen LogP contribution in [0, 0.1) is 12.3 Å². The SMILES string of the molecule is C#CCNC(=NCCc1ccc2c(c1)OCO2)Nc1ccc2c(c1)OCCCO2.I. The highest BCUT2D eigenvalue weighted by Crippen LogP contribution is 2.33. The first kappa shape index (κ1) is 21.9. The summed E-state index contributed by atoms with van der Waals surface area (Å²) < 4.78 is 22.2. The zero-order valence-corrected chi connectivity index (χ0v) is 18.8. The Morgan fingerprint density at radius 3 is 2.57 bits per heavy atom. The fraction of sp³-hybridized carbons (Fsp3) is 0.318. The lowest BCUT2D eigenvalue weighted by Crippen LogP contribution is -2.31. The number of ether oxygens (including phenoxy) is 4. The molecule has 158 valence electrons. The Morgan fingerprint density at radius 1 is 0.967 bits per heavy atom. The lowest BCUT2D eigenvalue weighted by molar-refractivity contribution is 0.174. The molecule has 0 bridgehead atoms. The molecule has 0 saturated carbocycles. The summed E-state index contributed by atoms with van der Waals surface area (Å²) in [6, 6.07) is 11.7. The van der Waals surface area contributed by atoms with Gasteiger partial charge in [0.05, 0.1) is 19.8 Å². The summed E-state index contributed by atoms with van der Waals surface area (Å²) in [7, 11) is 0. The first-order chi connectivity index (χ1) is 14.3. The Kier molecular flexibility index (Phi) is 7.90. The van der Waals surface area contributed by atoms with Gasteiger partial charge < -0.3 is 29.6 Å². The molecule has 30 heavy (non-hydrogen) atoms. The minimum absolute atomic E-state index is 0. The van der Waals surface area contributed by atoms with Crippen molar-refractivity contribution in [1.29, 1.82) is 0 Å². The third kappa shape index (κ3) is 5.63. The highest BCUT2D eigenvalue weighted by Gasteiger charge is 2.13. The average molecular weight is 521 g/mol. The zero-order valence-electron chi connectivity index (χ0n) is 16.5. The van der Waals surface area contributed by atoms with E-state index in [1.807, 2.05) is 36.4 Å². The third-order valence-electron chi connectivity index (χ3n) is 4.48. The molecule has 0 radical (unpaired) electrons. The predicted octanol–water partition coefficient (Wildman–Crippen LogP) is 3.43. The molecule has 0 amide bonds. The van der Waals surface area contributed by atoms with Crippen molar-refractivity contribution >= 4 is 35.6 Å². The van der Waals surface area contributed by atoms with E-state index < -0.39 is 0 Å². The van der Waals surface area contributed by atoms with Gasteiger partial charge in [-0.25, -0.2) is 0 Å². The molecule has 2 aromatic rings. The number of rotatable bonds is 5. The summed E-state index contributed by atoms with van der Waals surface area (Å²) in [5.41, 5.74) is 1.98. The number of terminal acetylenes is 1. The van der Waals surface area contributed by atoms with Crippen LogP contribution >= 0.6 is 24.0 Å². The van der Waals surface area contributed by atoms with Gasteiger partial charge in [-0.1, -0.05) is 12.0 Å².